The molecule has 0 saturated heterocycles. The number of amides is 1. The van der Waals surface area contributed by atoms with Gasteiger partial charge in [0.05, 0.1) is 18.7 Å². The smallest absolute Gasteiger partial charge is 0.246 e. The highest BCUT2D eigenvalue weighted by atomic mass is 19.1. The summed E-state index contributed by atoms with van der Waals surface area (Å²) < 4.78 is 21.4. The van der Waals surface area contributed by atoms with Gasteiger partial charge >= 0.3 is 0 Å². The second-order valence-electron chi connectivity index (χ2n) is 6.75. The van der Waals surface area contributed by atoms with Gasteiger partial charge in [-0.25, -0.2) is 4.39 Å². The van der Waals surface area contributed by atoms with Gasteiger partial charge < -0.3 is 9.64 Å². The van der Waals surface area contributed by atoms with E-state index >= 15 is 0 Å². The summed E-state index contributed by atoms with van der Waals surface area (Å²) in [5.74, 6) is 0.611. The molecule has 6 nitrogen and oxygen atoms in total. The molecule has 0 unspecified atom stereocenters. The van der Waals surface area contributed by atoms with Gasteiger partial charge in [-0.1, -0.05) is 42.5 Å². The fourth-order valence-electron chi connectivity index (χ4n) is 3.56. The molecule has 2 aromatic carbocycles. The van der Waals surface area contributed by atoms with Crippen molar-refractivity contribution in [2.75, 3.05) is 20.3 Å². The Morgan fingerprint density at radius 1 is 1.11 bits per heavy atom. The van der Waals surface area contributed by atoms with Crippen LogP contribution in [0.4, 0.5) is 4.39 Å². The minimum absolute atomic E-state index is 0.0363. The predicted molar refractivity (Wildman–Crippen MR) is 102 cm³/mol. The van der Waals surface area contributed by atoms with E-state index in [9.17, 15) is 9.18 Å². The molecule has 0 saturated carbocycles. The van der Waals surface area contributed by atoms with Crippen molar-refractivity contribution in [1.29, 1.82) is 0 Å². The van der Waals surface area contributed by atoms with Crippen molar-refractivity contribution in [2.24, 2.45) is 0 Å². The molecule has 3 aromatic rings. The molecule has 0 spiro atoms. The molecule has 0 N–H and O–H groups in total. The van der Waals surface area contributed by atoms with E-state index in [1.54, 1.807) is 34.8 Å². The molecule has 1 aliphatic heterocycles. The molecule has 2 heterocycles. The number of benzene rings is 2. The molecule has 0 fully saturated rings. The Balaban J connectivity index is 1.78. The Kier molecular flexibility index (Phi) is 5.16. The van der Waals surface area contributed by atoms with Crippen LogP contribution in [0.3, 0.4) is 0 Å². The van der Waals surface area contributed by atoms with Crippen LogP contribution in [0.15, 0.2) is 54.6 Å². The van der Waals surface area contributed by atoms with Crippen LogP contribution in [0.5, 0.6) is 0 Å². The molecule has 0 bridgehead atoms. The topological polar surface area (TPSA) is 60.2 Å². The van der Waals surface area contributed by atoms with E-state index in [2.05, 4.69) is 10.2 Å². The van der Waals surface area contributed by atoms with E-state index in [1.807, 2.05) is 30.3 Å². The van der Waals surface area contributed by atoms with Crippen LogP contribution in [0.25, 0.3) is 11.4 Å². The van der Waals surface area contributed by atoms with Gasteiger partial charge in [0.1, 0.15) is 11.9 Å². The maximum Gasteiger partial charge on any atom is 0.246 e. The molecule has 0 aliphatic carbocycles. The number of carbonyl (C=O) groups is 1. The Bertz CT molecular complexity index is 974. The van der Waals surface area contributed by atoms with Gasteiger partial charge in [0.15, 0.2) is 11.6 Å². The highest BCUT2D eigenvalue weighted by molar-refractivity contribution is 5.82. The summed E-state index contributed by atoms with van der Waals surface area (Å²) in [6.07, 6.45) is 0.482. The molecular weight excluding hydrogens is 359 g/mol. The number of fused-ring (bicyclic) bond motifs is 1. The van der Waals surface area contributed by atoms with Gasteiger partial charge in [-0.3, -0.25) is 9.36 Å². The standard InChI is InChI=1S/C21H21FN4O2/c1-28-12-11-25-14-19-23-24-20(16-9-5-6-10-17(16)22)26(19)18(21(25)27)13-15-7-3-2-4-8-15/h2-10,18H,11-14H2,1H3/t18-/m1/s1. The van der Waals surface area contributed by atoms with Crippen molar-refractivity contribution in [3.8, 4) is 11.4 Å². The molecule has 7 heteroatoms. The number of halogens is 1. The van der Waals surface area contributed by atoms with E-state index in [0.717, 1.165) is 5.56 Å². The van der Waals surface area contributed by atoms with Gasteiger partial charge in [0.25, 0.3) is 0 Å². The normalized spacial score (nSPS) is 16.3. The zero-order chi connectivity index (χ0) is 19.5. The highest BCUT2D eigenvalue weighted by Crippen LogP contribution is 2.31. The van der Waals surface area contributed by atoms with Crippen molar-refractivity contribution >= 4 is 5.91 Å². The van der Waals surface area contributed by atoms with Crippen LogP contribution in [0.1, 0.15) is 17.4 Å². The molecule has 1 atom stereocenters. The van der Waals surface area contributed by atoms with Crippen LogP contribution in [0.2, 0.25) is 0 Å². The van der Waals surface area contributed by atoms with Crippen molar-refractivity contribution in [3.63, 3.8) is 0 Å². The van der Waals surface area contributed by atoms with Gasteiger partial charge in [0.2, 0.25) is 5.91 Å². The molecule has 1 aromatic heterocycles. The summed E-state index contributed by atoms with van der Waals surface area (Å²) in [5.41, 5.74) is 1.37. The van der Waals surface area contributed by atoms with E-state index in [4.69, 9.17) is 4.74 Å². The van der Waals surface area contributed by atoms with Crippen molar-refractivity contribution in [2.45, 2.75) is 19.0 Å². The number of methoxy groups -OCH3 is 1. The molecular formula is C21H21FN4O2. The summed E-state index contributed by atoms with van der Waals surface area (Å²) >= 11 is 0. The summed E-state index contributed by atoms with van der Waals surface area (Å²) in [6.45, 7) is 1.25. The lowest BCUT2D eigenvalue weighted by atomic mass is 10.0. The first-order chi connectivity index (χ1) is 13.7. The zero-order valence-electron chi connectivity index (χ0n) is 15.6. The van der Waals surface area contributed by atoms with E-state index in [-0.39, 0.29) is 11.7 Å². The van der Waals surface area contributed by atoms with Crippen LogP contribution >= 0.6 is 0 Å². The molecule has 1 amide bonds. The van der Waals surface area contributed by atoms with Gasteiger partial charge in [-0.2, -0.15) is 0 Å². The van der Waals surface area contributed by atoms with Crippen LogP contribution in [0, 0.1) is 5.82 Å². The predicted octanol–water partition coefficient (Wildman–Crippen LogP) is 2.86. The Morgan fingerprint density at radius 3 is 2.61 bits per heavy atom. The first-order valence-corrected chi connectivity index (χ1v) is 9.19. The Labute approximate surface area is 162 Å². The molecule has 144 valence electrons. The number of hydrogen-bond acceptors (Lipinski definition) is 4. The minimum Gasteiger partial charge on any atom is -0.383 e. The lowest BCUT2D eigenvalue weighted by Gasteiger charge is -2.34. The lowest BCUT2D eigenvalue weighted by Crippen LogP contribution is -2.45. The Morgan fingerprint density at radius 2 is 1.86 bits per heavy atom. The van der Waals surface area contributed by atoms with Gasteiger partial charge in [-0.15, -0.1) is 10.2 Å². The summed E-state index contributed by atoms with van der Waals surface area (Å²) in [5, 5.41) is 8.50. The van der Waals surface area contributed by atoms with E-state index in [0.29, 0.717) is 43.3 Å². The summed E-state index contributed by atoms with van der Waals surface area (Å²) in [7, 11) is 1.61. The molecule has 4 rings (SSSR count). The largest absolute Gasteiger partial charge is 0.383 e. The molecule has 1 aliphatic rings. The van der Waals surface area contributed by atoms with Crippen LogP contribution in [-0.2, 0) is 22.5 Å². The van der Waals surface area contributed by atoms with E-state index in [1.165, 1.54) is 6.07 Å². The van der Waals surface area contributed by atoms with Crippen molar-refractivity contribution < 1.29 is 13.9 Å². The number of ether oxygens (including phenoxy) is 1. The lowest BCUT2D eigenvalue weighted by molar-refractivity contribution is -0.138. The monoisotopic (exact) mass is 380 g/mol. The number of aromatic nitrogens is 3. The zero-order valence-corrected chi connectivity index (χ0v) is 15.6. The van der Waals surface area contributed by atoms with Crippen LogP contribution in [-0.4, -0.2) is 45.8 Å². The summed E-state index contributed by atoms with van der Waals surface area (Å²) in [4.78, 5) is 15.0. The minimum atomic E-state index is -0.535. The quantitative estimate of drug-likeness (QED) is 0.660. The SMILES string of the molecule is COCCN1Cc2nnc(-c3ccccc3F)n2[C@H](Cc2ccccc2)C1=O. The van der Waals surface area contributed by atoms with Gasteiger partial charge in [0, 0.05) is 20.1 Å². The fraction of sp³-hybridized carbons (Fsp3) is 0.286. The molecule has 28 heavy (non-hydrogen) atoms. The summed E-state index contributed by atoms with van der Waals surface area (Å²) in [6, 6.07) is 15.7. The third-order valence-corrected chi connectivity index (χ3v) is 4.96. The number of hydrogen-bond donors (Lipinski definition) is 0. The number of rotatable bonds is 6. The maximum atomic E-state index is 14.4. The second-order valence-corrected chi connectivity index (χ2v) is 6.75. The van der Waals surface area contributed by atoms with Gasteiger partial charge in [-0.05, 0) is 17.7 Å². The number of nitrogens with zero attached hydrogens (tertiary/aromatic N) is 4. The van der Waals surface area contributed by atoms with Crippen molar-refractivity contribution in [3.05, 3.63) is 71.8 Å². The average molecular weight is 380 g/mol. The third-order valence-electron chi connectivity index (χ3n) is 4.96. The second kappa shape index (κ2) is 7.90. The van der Waals surface area contributed by atoms with E-state index < -0.39 is 6.04 Å². The van der Waals surface area contributed by atoms with Crippen molar-refractivity contribution in [1.82, 2.24) is 19.7 Å². The van der Waals surface area contributed by atoms with Crippen LogP contribution < -0.4 is 0 Å². The Hall–Kier alpha value is -3.06. The highest BCUT2D eigenvalue weighted by Gasteiger charge is 2.36. The molecule has 0 radical (unpaired) electrons. The maximum absolute atomic E-state index is 14.4. The third kappa shape index (κ3) is 3.41. The average Bonchev–Trinajstić information content (AvgIpc) is 3.13. The fourth-order valence-corrected chi connectivity index (χ4v) is 3.56. The first-order valence-electron chi connectivity index (χ1n) is 9.19. The number of carbonyl (C=O) groups excluding carboxylic acids is 1. The first kappa shape index (κ1) is 18.3.